The van der Waals surface area contributed by atoms with Crippen molar-refractivity contribution in [3.63, 3.8) is 0 Å². The van der Waals surface area contributed by atoms with Crippen LogP contribution in [0, 0.1) is 13.8 Å². The van der Waals surface area contributed by atoms with E-state index in [0.29, 0.717) is 12.2 Å². The zero-order chi connectivity index (χ0) is 13.8. The van der Waals surface area contributed by atoms with Crippen molar-refractivity contribution < 1.29 is 4.79 Å². The van der Waals surface area contributed by atoms with Gasteiger partial charge in [0.15, 0.2) is 0 Å². The van der Waals surface area contributed by atoms with Gasteiger partial charge in [0.05, 0.1) is 11.9 Å². The second-order valence-corrected chi connectivity index (χ2v) is 4.54. The van der Waals surface area contributed by atoms with Crippen molar-refractivity contribution in [1.82, 2.24) is 15.0 Å². The number of nitrogens with two attached hydrogens (primary N) is 1. The number of aryl methyl sites for hydroxylation is 2. The average Bonchev–Trinajstić information content (AvgIpc) is 2.74. The molecule has 19 heavy (non-hydrogen) atoms. The molecule has 0 aliphatic heterocycles. The normalized spacial score (nSPS) is 10.5. The standard InChI is InChI=1S/C13H17N5O/c1-9-3-10(2)5-11(4-9)15-13(19)8-18-7-12(6-14)16-17-18/h3-5,7H,6,8,14H2,1-2H3,(H,15,19). The van der Waals surface area contributed by atoms with Gasteiger partial charge < -0.3 is 11.1 Å². The Morgan fingerprint density at radius 1 is 1.32 bits per heavy atom. The maximum Gasteiger partial charge on any atom is 0.246 e. The lowest BCUT2D eigenvalue weighted by Crippen LogP contribution is -2.19. The largest absolute Gasteiger partial charge is 0.325 e. The van der Waals surface area contributed by atoms with Gasteiger partial charge in [0.2, 0.25) is 5.91 Å². The number of hydrogen-bond donors (Lipinski definition) is 2. The minimum atomic E-state index is -0.140. The highest BCUT2D eigenvalue weighted by Gasteiger charge is 2.06. The SMILES string of the molecule is Cc1cc(C)cc(NC(=O)Cn2cc(CN)nn2)c1. The summed E-state index contributed by atoms with van der Waals surface area (Å²) in [5.41, 5.74) is 9.12. The number of amides is 1. The van der Waals surface area contributed by atoms with E-state index in [9.17, 15) is 4.79 Å². The van der Waals surface area contributed by atoms with Crippen molar-refractivity contribution in [1.29, 1.82) is 0 Å². The molecule has 0 aliphatic rings. The molecule has 0 atom stereocenters. The van der Waals surface area contributed by atoms with Crippen LogP contribution in [0.5, 0.6) is 0 Å². The van der Waals surface area contributed by atoms with E-state index in [-0.39, 0.29) is 12.5 Å². The van der Waals surface area contributed by atoms with Crippen LogP contribution in [-0.4, -0.2) is 20.9 Å². The van der Waals surface area contributed by atoms with Gasteiger partial charge in [0.25, 0.3) is 0 Å². The molecule has 3 N–H and O–H groups in total. The molecule has 0 saturated carbocycles. The van der Waals surface area contributed by atoms with E-state index in [4.69, 9.17) is 5.73 Å². The first-order valence-corrected chi connectivity index (χ1v) is 6.04. The summed E-state index contributed by atoms with van der Waals surface area (Å²) in [5.74, 6) is -0.140. The summed E-state index contributed by atoms with van der Waals surface area (Å²) in [6.45, 7) is 4.43. The van der Waals surface area contributed by atoms with Crippen LogP contribution in [0.2, 0.25) is 0 Å². The number of benzene rings is 1. The molecule has 1 heterocycles. The Balaban J connectivity index is 2.00. The lowest BCUT2D eigenvalue weighted by atomic mass is 10.1. The monoisotopic (exact) mass is 259 g/mol. The summed E-state index contributed by atoms with van der Waals surface area (Å²) in [4.78, 5) is 11.9. The van der Waals surface area contributed by atoms with Crippen LogP contribution >= 0.6 is 0 Å². The van der Waals surface area contributed by atoms with Gasteiger partial charge in [-0.25, -0.2) is 4.68 Å². The molecule has 2 rings (SSSR count). The van der Waals surface area contributed by atoms with E-state index in [2.05, 4.69) is 21.7 Å². The predicted molar refractivity (Wildman–Crippen MR) is 72.5 cm³/mol. The highest BCUT2D eigenvalue weighted by Crippen LogP contribution is 2.13. The van der Waals surface area contributed by atoms with Crippen molar-refractivity contribution >= 4 is 11.6 Å². The average molecular weight is 259 g/mol. The summed E-state index contributed by atoms with van der Waals surface area (Å²) >= 11 is 0. The molecular weight excluding hydrogens is 242 g/mol. The van der Waals surface area contributed by atoms with E-state index in [1.54, 1.807) is 6.20 Å². The van der Waals surface area contributed by atoms with Gasteiger partial charge in [-0.1, -0.05) is 11.3 Å². The van der Waals surface area contributed by atoms with E-state index >= 15 is 0 Å². The first kappa shape index (κ1) is 13.2. The Hall–Kier alpha value is -2.21. The molecule has 1 amide bonds. The minimum absolute atomic E-state index is 0.125. The third kappa shape index (κ3) is 3.62. The quantitative estimate of drug-likeness (QED) is 0.857. The smallest absolute Gasteiger partial charge is 0.246 e. The van der Waals surface area contributed by atoms with E-state index in [1.807, 2.05) is 26.0 Å². The minimum Gasteiger partial charge on any atom is -0.325 e. The van der Waals surface area contributed by atoms with Gasteiger partial charge in [0.1, 0.15) is 6.54 Å². The van der Waals surface area contributed by atoms with Crippen molar-refractivity contribution in [2.24, 2.45) is 5.73 Å². The van der Waals surface area contributed by atoms with Crippen LogP contribution in [0.4, 0.5) is 5.69 Å². The lowest BCUT2D eigenvalue weighted by molar-refractivity contribution is -0.116. The third-order valence-corrected chi connectivity index (χ3v) is 2.61. The molecule has 0 saturated heterocycles. The van der Waals surface area contributed by atoms with Gasteiger partial charge in [-0.2, -0.15) is 0 Å². The molecule has 0 bridgehead atoms. The maximum absolute atomic E-state index is 11.9. The number of nitrogens with zero attached hydrogens (tertiary/aromatic N) is 3. The molecular formula is C13H17N5O. The molecule has 0 spiro atoms. The number of rotatable bonds is 4. The van der Waals surface area contributed by atoms with Gasteiger partial charge in [-0.15, -0.1) is 5.10 Å². The Morgan fingerprint density at radius 3 is 2.58 bits per heavy atom. The number of hydrogen-bond acceptors (Lipinski definition) is 4. The van der Waals surface area contributed by atoms with Crippen molar-refractivity contribution in [2.75, 3.05) is 5.32 Å². The highest BCUT2D eigenvalue weighted by molar-refractivity contribution is 5.90. The fourth-order valence-electron chi connectivity index (χ4n) is 1.90. The second-order valence-electron chi connectivity index (χ2n) is 4.54. The van der Waals surface area contributed by atoms with E-state index in [0.717, 1.165) is 16.8 Å². The number of carbonyl (C=O) groups is 1. The van der Waals surface area contributed by atoms with Gasteiger partial charge in [-0.05, 0) is 37.1 Å². The molecule has 6 nitrogen and oxygen atoms in total. The molecule has 0 radical (unpaired) electrons. The van der Waals surface area contributed by atoms with Crippen molar-refractivity contribution in [3.05, 3.63) is 41.2 Å². The third-order valence-electron chi connectivity index (χ3n) is 2.61. The molecule has 1 aromatic carbocycles. The van der Waals surface area contributed by atoms with Gasteiger partial charge in [0, 0.05) is 12.2 Å². The van der Waals surface area contributed by atoms with Crippen molar-refractivity contribution in [2.45, 2.75) is 26.9 Å². The van der Waals surface area contributed by atoms with Crippen LogP contribution in [0.25, 0.3) is 0 Å². The summed E-state index contributed by atoms with van der Waals surface area (Å²) in [7, 11) is 0. The second kappa shape index (κ2) is 5.62. The number of anilines is 1. The van der Waals surface area contributed by atoms with Crippen LogP contribution < -0.4 is 11.1 Å². The van der Waals surface area contributed by atoms with Gasteiger partial charge >= 0.3 is 0 Å². The Bertz CT molecular complexity index is 570. The summed E-state index contributed by atoms with van der Waals surface area (Å²) in [6, 6.07) is 5.91. The van der Waals surface area contributed by atoms with Crippen molar-refractivity contribution in [3.8, 4) is 0 Å². The first-order chi connectivity index (χ1) is 9.06. The highest BCUT2D eigenvalue weighted by atomic mass is 16.2. The summed E-state index contributed by atoms with van der Waals surface area (Å²) in [5, 5.41) is 10.5. The lowest BCUT2D eigenvalue weighted by Gasteiger charge is -2.07. The molecule has 2 aromatic rings. The molecule has 1 aromatic heterocycles. The Morgan fingerprint density at radius 2 is 2.00 bits per heavy atom. The van der Waals surface area contributed by atoms with Crippen LogP contribution in [0.15, 0.2) is 24.4 Å². The number of nitrogens with one attached hydrogen (secondary N) is 1. The summed E-state index contributed by atoms with van der Waals surface area (Å²) < 4.78 is 1.47. The fraction of sp³-hybridized carbons (Fsp3) is 0.308. The first-order valence-electron chi connectivity index (χ1n) is 6.04. The molecule has 0 fully saturated rings. The number of carbonyl (C=O) groups excluding carboxylic acids is 1. The van der Waals surface area contributed by atoms with Gasteiger partial charge in [-0.3, -0.25) is 4.79 Å². The molecule has 0 aliphatic carbocycles. The van der Waals surface area contributed by atoms with E-state index in [1.165, 1.54) is 4.68 Å². The maximum atomic E-state index is 11.9. The Labute approximate surface area is 111 Å². The molecule has 6 heteroatoms. The van der Waals surface area contributed by atoms with Crippen LogP contribution in [0.1, 0.15) is 16.8 Å². The van der Waals surface area contributed by atoms with E-state index < -0.39 is 0 Å². The topological polar surface area (TPSA) is 85.8 Å². The predicted octanol–water partition coefficient (Wildman–Crippen LogP) is 0.992. The number of aromatic nitrogens is 3. The zero-order valence-electron chi connectivity index (χ0n) is 11.1. The van der Waals surface area contributed by atoms with Crippen LogP contribution in [-0.2, 0) is 17.9 Å². The zero-order valence-corrected chi connectivity index (χ0v) is 11.1. The summed E-state index contributed by atoms with van der Waals surface area (Å²) in [6.07, 6.45) is 1.67. The molecule has 100 valence electrons. The molecule has 0 unspecified atom stereocenters. The fourth-order valence-corrected chi connectivity index (χ4v) is 1.90. The van der Waals surface area contributed by atoms with Crippen LogP contribution in [0.3, 0.4) is 0 Å². The Kier molecular flexibility index (Phi) is 3.91.